The highest BCUT2D eigenvalue weighted by Crippen LogP contribution is 2.25. The number of anilines is 1. The molecular weight excluding hydrogens is 232 g/mol. The van der Waals surface area contributed by atoms with Crippen molar-refractivity contribution >= 4 is 26.7 Å². The fourth-order valence-electron chi connectivity index (χ4n) is 2.14. The maximum atomic E-state index is 5.37. The minimum atomic E-state index is 0.733. The van der Waals surface area contributed by atoms with E-state index in [1.165, 1.54) is 17.5 Å². The van der Waals surface area contributed by atoms with Crippen LogP contribution in [0.5, 0.6) is 0 Å². The van der Waals surface area contributed by atoms with Crippen LogP contribution in [-0.2, 0) is 4.74 Å². The SMILES string of the molecule is c1ccc2sc(NCCC3CCOC3)nc2c1. The van der Waals surface area contributed by atoms with E-state index in [9.17, 15) is 0 Å². The Bertz CT molecular complexity index is 458. The Kier molecular flexibility index (Phi) is 3.25. The molecule has 0 spiro atoms. The maximum Gasteiger partial charge on any atom is 0.183 e. The van der Waals surface area contributed by atoms with Crippen LogP contribution in [0.25, 0.3) is 10.2 Å². The molecule has 3 nitrogen and oxygen atoms in total. The van der Waals surface area contributed by atoms with E-state index in [-0.39, 0.29) is 0 Å². The van der Waals surface area contributed by atoms with Crippen LogP contribution in [0, 0.1) is 5.92 Å². The lowest BCUT2D eigenvalue weighted by Gasteiger charge is -2.06. The van der Waals surface area contributed by atoms with Crippen molar-refractivity contribution in [2.45, 2.75) is 12.8 Å². The Morgan fingerprint density at radius 3 is 3.18 bits per heavy atom. The fraction of sp³-hybridized carbons (Fsp3) is 0.462. The first-order valence-corrected chi connectivity index (χ1v) is 6.90. The highest BCUT2D eigenvalue weighted by atomic mass is 32.1. The highest BCUT2D eigenvalue weighted by Gasteiger charge is 2.14. The number of fused-ring (bicyclic) bond motifs is 1. The molecule has 0 amide bonds. The summed E-state index contributed by atoms with van der Waals surface area (Å²) >= 11 is 1.73. The summed E-state index contributed by atoms with van der Waals surface area (Å²) < 4.78 is 6.62. The number of aromatic nitrogens is 1. The molecule has 3 rings (SSSR count). The number of nitrogens with one attached hydrogen (secondary N) is 1. The predicted octanol–water partition coefficient (Wildman–Crippen LogP) is 3.13. The summed E-state index contributed by atoms with van der Waals surface area (Å²) in [6.45, 7) is 2.86. The van der Waals surface area contributed by atoms with Crippen LogP contribution in [-0.4, -0.2) is 24.7 Å². The van der Waals surface area contributed by atoms with Crippen molar-refractivity contribution in [1.82, 2.24) is 4.98 Å². The van der Waals surface area contributed by atoms with E-state index in [1.54, 1.807) is 11.3 Å². The number of ether oxygens (including phenoxy) is 1. The maximum absolute atomic E-state index is 5.37. The number of para-hydroxylation sites is 1. The average Bonchev–Trinajstić information content (AvgIpc) is 2.96. The van der Waals surface area contributed by atoms with Crippen molar-refractivity contribution in [3.05, 3.63) is 24.3 Å². The van der Waals surface area contributed by atoms with Crippen LogP contribution in [0.3, 0.4) is 0 Å². The molecule has 1 aliphatic rings. The number of thiazole rings is 1. The number of hydrogen-bond donors (Lipinski definition) is 1. The van der Waals surface area contributed by atoms with Crippen LogP contribution in [0.2, 0.25) is 0 Å². The van der Waals surface area contributed by atoms with Crippen molar-refractivity contribution in [3.63, 3.8) is 0 Å². The predicted molar refractivity (Wildman–Crippen MR) is 71.7 cm³/mol. The Morgan fingerprint density at radius 2 is 2.35 bits per heavy atom. The second kappa shape index (κ2) is 5.02. The van der Waals surface area contributed by atoms with Gasteiger partial charge in [0.05, 0.1) is 10.2 Å². The van der Waals surface area contributed by atoms with Gasteiger partial charge >= 0.3 is 0 Å². The quantitative estimate of drug-likeness (QED) is 0.902. The minimum absolute atomic E-state index is 0.733. The van der Waals surface area contributed by atoms with Gasteiger partial charge in [0.15, 0.2) is 5.13 Å². The lowest BCUT2D eigenvalue weighted by Crippen LogP contribution is -2.08. The molecule has 1 atom stereocenters. The molecule has 4 heteroatoms. The van der Waals surface area contributed by atoms with Gasteiger partial charge in [0.25, 0.3) is 0 Å². The lowest BCUT2D eigenvalue weighted by molar-refractivity contribution is 0.185. The van der Waals surface area contributed by atoms with E-state index in [2.05, 4.69) is 28.5 Å². The number of benzene rings is 1. The summed E-state index contributed by atoms with van der Waals surface area (Å²) in [6.07, 6.45) is 2.39. The van der Waals surface area contributed by atoms with E-state index in [0.29, 0.717) is 0 Å². The van der Waals surface area contributed by atoms with E-state index >= 15 is 0 Å². The van der Waals surface area contributed by atoms with Crippen LogP contribution < -0.4 is 5.32 Å². The second-order valence-corrected chi connectivity index (χ2v) is 5.46. The van der Waals surface area contributed by atoms with Crippen LogP contribution in [0.1, 0.15) is 12.8 Å². The molecule has 1 aromatic heterocycles. The molecule has 2 heterocycles. The van der Waals surface area contributed by atoms with Gasteiger partial charge in [0, 0.05) is 19.8 Å². The van der Waals surface area contributed by atoms with Gasteiger partial charge in [-0.05, 0) is 30.9 Å². The molecule has 1 aromatic carbocycles. The first-order valence-electron chi connectivity index (χ1n) is 6.09. The van der Waals surface area contributed by atoms with Gasteiger partial charge in [-0.1, -0.05) is 23.5 Å². The van der Waals surface area contributed by atoms with E-state index < -0.39 is 0 Å². The summed E-state index contributed by atoms with van der Waals surface area (Å²) in [5.41, 5.74) is 1.09. The molecule has 90 valence electrons. The van der Waals surface area contributed by atoms with Crippen LogP contribution >= 0.6 is 11.3 Å². The van der Waals surface area contributed by atoms with Gasteiger partial charge in [-0.2, -0.15) is 0 Å². The normalized spacial score (nSPS) is 19.9. The number of hydrogen-bond acceptors (Lipinski definition) is 4. The molecule has 1 unspecified atom stereocenters. The monoisotopic (exact) mass is 248 g/mol. The van der Waals surface area contributed by atoms with Gasteiger partial charge in [0.1, 0.15) is 0 Å². The molecule has 1 N–H and O–H groups in total. The summed E-state index contributed by atoms with van der Waals surface area (Å²) in [5, 5.41) is 4.45. The largest absolute Gasteiger partial charge is 0.381 e. The van der Waals surface area contributed by atoms with Gasteiger partial charge < -0.3 is 10.1 Å². The van der Waals surface area contributed by atoms with Crippen molar-refractivity contribution in [3.8, 4) is 0 Å². The van der Waals surface area contributed by atoms with Gasteiger partial charge in [-0.3, -0.25) is 0 Å². The average molecular weight is 248 g/mol. The molecule has 1 fully saturated rings. The molecule has 0 bridgehead atoms. The van der Waals surface area contributed by atoms with Crippen LogP contribution in [0.15, 0.2) is 24.3 Å². The molecular formula is C13H16N2OS. The van der Waals surface area contributed by atoms with Crippen molar-refractivity contribution in [1.29, 1.82) is 0 Å². The van der Waals surface area contributed by atoms with Gasteiger partial charge in [-0.15, -0.1) is 0 Å². The van der Waals surface area contributed by atoms with Crippen molar-refractivity contribution < 1.29 is 4.74 Å². The lowest BCUT2D eigenvalue weighted by atomic mass is 10.1. The third-order valence-electron chi connectivity index (χ3n) is 3.15. The van der Waals surface area contributed by atoms with Crippen LogP contribution in [0.4, 0.5) is 5.13 Å². The zero-order valence-corrected chi connectivity index (χ0v) is 10.5. The molecule has 1 saturated heterocycles. The highest BCUT2D eigenvalue weighted by molar-refractivity contribution is 7.22. The first kappa shape index (κ1) is 11.0. The Balaban J connectivity index is 1.57. The zero-order valence-electron chi connectivity index (χ0n) is 9.69. The standard InChI is InChI=1S/C13H16N2OS/c1-2-4-12-11(3-1)15-13(17-12)14-7-5-10-6-8-16-9-10/h1-4,10H,5-9H2,(H,14,15). The molecule has 0 aliphatic carbocycles. The van der Waals surface area contributed by atoms with E-state index in [0.717, 1.165) is 36.3 Å². The smallest absolute Gasteiger partial charge is 0.183 e. The molecule has 1 aliphatic heterocycles. The minimum Gasteiger partial charge on any atom is -0.381 e. The Hall–Kier alpha value is -1.13. The fourth-order valence-corrected chi connectivity index (χ4v) is 3.03. The van der Waals surface area contributed by atoms with Crippen molar-refractivity contribution in [2.24, 2.45) is 5.92 Å². The molecule has 17 heavy (non-hydrogen) atoms. The van der Waals surface area contributed by atoms with Gasteiger partial charge in [-0.25, -0.2) is 4.98 Å². The topological polar surface area (TPSA) is 34.1 Å². The molecule has 2 aromatic rings. The molecule has 0 saturated carbocycles. The van der Waals surface area contributed by atoms with E-state index in [4.69, 9.17) is 4.74 Å². The Labute approximate surface area is 105 Å². The summed E-state index contributed by atoms with van der Waals surface area (Å²) in [5.74, 6) is 0.733. The van der Waals surface area contributed by atoms with E-state index in [1.807, 2.05) is 6.07 Å². The Morgan fingerprint density at radius 1 is 1.41 bits per heavy atom. The number of rotatable bonds is 4. The van der Waals surface area contributed by atoms with Crippen molar-refractivity contribution in [2.75, 3.05) is 25.1 Å². The second-order valence-electron chi connectivity index (χ2n) is 4.43. The van der Waals surface area contributed by atoms with Gasteiger partial charge in [0.2, 0.25) is 0 Å². The summed E-state index contributed by atoms with van der Waals surface area (Å²) in [6, 6.07) is 8.26. The summed E-state index contributed by atoms with van der Waals surface area (Å²) in [7, 11) is 0. The summed E-state index contributed by atoms with van der Waals surface area (Å²) in [4.78, 5) is 4.55. The zero-order chi connectivity index (χ0) is 11.5. The number of nitrogens with zero attached hydrogens (tertiary/aromatic N) is 1. The first-order chi connectivity index (χ1) is 8.42. The molecule has 0 radical (unpaired) electrons. The third kappa shape index (κ3) is 2.58. The third-order valence-corrected chi connectivity index (χ3v) is 4.14.